The molecule has 0 aromatic rings. The van der Waals surface area contributed by atoms with Crippen molar-refractivity contribution in [3.8, 4) is 0 Å². The van der Waals surface area contributed by atoms with E-state index in [9.17, 15) is 14.7 Å². The average molecular weight is 435 g/mol. The molecular formula is C22H29NO8. The van der Waals surface area contributed by atoms with Crippen molar-refractivity contribution in [2.75, 3.05) is 26.3 Å². The summed E-state index contributed by atoms with van der Waals surface area (Å²) in [5.74, 6) is -1.87. The lowest BCUT2D eigenvalue weighted by Crippen LogP contribution is -2.55. The third-order valence-corrected chi connectivity index (χ3v) is 8.11. The molecule has 9 heteroatoms. The van der Waals surface area contributed by atoms with Gasteiger partial charge in [0.2, 0.25) is 0 Å². The summed E-state index contributed by atoms with van der Waals surface area (Å²) in [6.45, 7) is 6.22. The van der Waals surface area contributed by atoms with E-state index in [1.807, 2.05) is 19.9 Å². The highest BCUT2D eigenvalue weighted by atomic mass is 16.7. The molecule has 1 unspecified atom stereocenters. The van der Waals surface area contributed by atoms with Crippen molar-refractivity contribution < 1.29 is 38.4 Å². The molecular weight excluding hydrogens is 406 g/mol. The molecule has 5 aliphatic heterocycles. The Hall–Kier alpha value is -1.52. The molecule has 2 bridgehead atoms. The summed E-state index contributed by atoms with van der Waals surface area (Å²) < 4.78 is 29.0. The van der Waals surface area contributed by atoms with Crippen molar-refractivity contribution in [1.82, 2.24) is 4.90 Å². The third-order valence-electron chi connectivity index (χ3n) is 8.11. The number of esters is 2. The number of hydrogen-bond acceptors (Lipinski definition) is 9. The van der Waals surface area contributed by atoms with Gasteiger partial charge in [-0.15, -0.1) is 0 Å². The summed E-state index contributed by atoms with van der Waals surface area (Å²) in [4.78, 5) is 27.4. The molecule has 6 rings (SSSR count). The van der Waals surface area contributed by atoms with Crippen molar-refractivity contribution in [2.24, 2.45) is 11.8 Å². The van der Waals surface area contributed by atoms with Gasteiger partial charge in [0.1, 0.15) is 24.4 Å². The second kappa shape index (κ2) is 6.74. The summed E-state index contributed by atoms with van der Waals surface area (Å²) in [6.07, 6.45) is 1.36. The van der Waals surface area contributed by atoms with Crippen LogP contribution in [0.25, 0.3) is 0 Å². The van der Waals surface area contributed by atoms with Crippen molar-refractivity contribution in [3.05, 3.63) is 11.6 Å². The Bertz CT molecular complexity index is 827. The monoisotopic (exact) mass is 435 g/mol. The fourth-order valence-electron chi connectivity index (χ4n) is 6.31. The highest BCUT2D eigenvalue weighted by molar-refractivity contribution is 5.92. The molecule has 9 nitrogen and oxygen atoms in total. The molecule has 0 radical (unpaired) electrons. The van der Waals surface area contributed by atoms with Crippen LogP contribution in [0, 0.1) is 11.8 Å². The number of aliphatic hydroxyl groups is 1. The first kappa shape index (κ1) is 20.1. The third kappa shape index (κ3) is 3.01. The second-order valence-corrected chi connectivity index (χ2v) is 9.97. The van der Waals surface area contributed by atoms with Crippen molar-refractivity contribution in [2.45, 2.75) is 75.0 Å². The number of piperidine rings is 1. The molecule has 31 heavy (non-hydrogen) atoms. The number of nitrogens with zero attached hydrogens (tertiary/aromatic N) is 1. The Morgan fingerprint density at radius 2 is 1.84 bits per heavy atom. The molecule has 4 fully saturated rings. The molecule has 4 saturated heterocycles. The fraction of sp³-hybridized carbons (Fsp3) is 0.818. The number of carbonyl (C=O) groups is 2. The van der Waals surface area contributed by atoms with Crippen molar-refractivity contribution in [1.29, 1.82) is 0 Å². The van der Waals surface area contributed by atoms with Gasteiger partial charge in [0, 0.05) is 38.3 Å². The molecule has 0 aromatic heterocycles. The summed E-state index contributed by atoms with van der Waals surface area (Å²) in [7, 11) is 0. The molecule has 1 spiro atoms. The maximum Gasteiger partial charge on any atom is 0.336 e. The van der Waals surface area contributed by atoms with Crippen LogP contribution in [0.5, 0.6) is 0 Å². The first-order valence-corrected chi connectivity index (χ1v) is 11.3. The number of carbonyl (C=O) groups excluding carboxylic acids is 2. The Morgan fingerprint density at radius 3 is 2.55 bits per heavy atom. The lowest BCUT2D eigenvalue weighted by Gasteiger charge is -2.42. The van der Waals surface area contributed by atoms with E-state index in [0.29, 0.717) is 51.1 Å². The quantitative estimate of drug-likeness (QED) is 0.455. The molecule has 0 saturated carbocycles. The Morgan fingerprint density at radius 1 is 1.13 bits per heavy atom. The summed E-state index contributed by atoms with van der Waals surface area (Å²) >= 11 is 0. The number of rotatable bonds is 1. The van der Waals surface area contributed by atoms with Crippen LogP contribution in [-0.2, 0) is 33.3 Å². The van der Waals surface area contributed by atoms with E-state index in [0.717, 1.165) is 0 Å². The highest BCUT2D eigenvalue weighted by Gasteiger charge is 2.64. The number of ether oxygens (including phenoxy) is 5. The number of likely N-dealkylation sites (tertiary alicyclic amines) is 1. The summed E-state index contributed by atoms with van der Waals surface area (Å²) in [6, 6.07) is -0.534. The lowest BCUT2D eigenvalue weighted by atomic mass is 9.79. The topological polar surface area (TPSA) is 107 Å². The molecule has 6 aliphatic rings. The molecule has 1 N–H and O–H groups in total. The van der Waals surface area contributed by atoms with Gasteiger partial charge in [-0.25, -0.2) is 4.79 Å². The van der Waals surface area contributed by atoms with E-state index < -0.39 is 47.8 Å². The number of hydrogen-bond donors (Lipinski definition) is 1. The zero-order valence-corrected chi connectivity index (χ0v) is 17.8. The van der Waals surface area contributed by atoms with Crippen LogP contribution in [-0.4, -0.2) is 90.1 Å². The van der Waals surface area contributed by atoms with Gasteiger partial charge in [0.05, 0.1) is 36.3 Å². The SMILES string of the molecule is CC1C(=O)O[C@H]2C[C@]3(C)O[C@H]3[C@H](O)[C@@H](N3CCC4(CC3)OCCO4)C3=C[C@@H](OC3=O)[C@H]12. The molecule has 0 aromatic carbocycles. The van der Waals surface area contributed by atoms with E-state index in [-0.39, 0.29) is 17.8 Å². The standard InChI is InChI=1S/C22H29NO8/c1-11-15-13-9-12(20(26)29-13)16(23-5-3-22(4-6-23)27-7-8-28-22)17(24)18-21(2,31-18)10-14(15)30-19(11)25/h9,11,13-18,24H,3-8,10H2,1-2H3/t11?,13-,14+,15+,16+,17-,18+,21+/m1/s1. The van der Waals surface area contributed by atoms with Crippen molar-refractivity contribution >= 4 is 11.9 Å². The Kier molecular flexibility index (Phi) is 4.37. The zero-order valence-electron chi connectivity index (χ0n) is 17.8. The van der Waals surface area contributed by atoms with Gasteiger partial charge in [-0.05, 0) is 13.0 Å². The smallest absolute Gasteiger partial charge is 0.336 e. The van der Waals surface area contributed by atoms with Gasteiger partial charge in [-0.3, -0.25) is 9.69 Å². The fourth-order valence-corrected chi connectivity index (χ4v) is 6.31. The van der Waals surface area contributed by atoms with Gasteiger partial charge >= 0.3 is 11.9 Å². The van der Waals surface area contributed by atoms with Gasteiger partial charge in [0.15, 0.2) is 5.79 Å². The first-order chi connectivity index (χ1) is 14.8. The van der Waals surface area contributed by atoms with E-state index in [1.165, 1.54) is 0 Å². The normalized spacial score (nSPS) is 48.6. The van der Waals surface area contributed by atoms with Crippen LogP contribution in [0.1, 0.15) is 33.1 Å². The van der Waals surface area contributed by atoms with Crippen LogP contribution >= 0.6 is 0 Å². The minimum Gasteiger partial charge on any atom is -0.462 e. The van der Waals surface area contributed by atoms with Crippen LogP contribution in [0.15, 0.2) is 11.6 Å². The maximum absolute atomic E-state index is 13.0. The lowest BCUT2D eigenvalue weighted by molar-refractivity contribution is -0.189. The largest absolute Gasteiger partial charge is 0.462 e. The second-order valence-electron chi connectivity index (χ2n) is 9.97. The minimum atomic E-state index is -0.895. The van der Waals surface area contributed by atoms with E-state index in [1.54, 1.807) is 0 Å². The van der Waals surface area contributed by atoms with Crippen LogP contribution in [0.4, 0.5) is 0 Å². The van der Waals surface area contributed by atoms with E-state index in [2.05, 4.69) is 4.90 Å². The van der Waals surface area contributed by atoms with Gasteiger partial charge < -0.3 is 28.8 Å². The van der Waals surface area contributed by atoms with Gasteiger partial charge in [-0.1, -0.05) is 6.92 Å². The number of aliphatic hydroxyl groups excluding tert-OH is 1. The van der Waals surface area contributed by atoms with Crippen LogP contribution < -0.4 is 0 Å². The molecule has 0 amide bonds. The minimum absolute atomic E-state index is 0.253. The number of epoxide rings is 1. The van der Waals surface area contributed by atoms with Gasteiger partial charge in [0.25, 0.3) is 0 Å². The maximum atomic E-state index is 13.0. The predicted octanol–water partition coefficient (Wildman–Crippen LogP) is 0.146. The Balaban J connectivity index is 1.33. The van der Waals surface area contributed by atoms with Crippen LogP contribution in [0.2, 0.25) is 0 Å². The van der Waals surface area contributed by atoms with E-state index >= 15 is 0 Å². The molecule has 5 heterocycles. The van der Waals surface area contributed by atoms with Gasteiger partial charge in [-0.2, -0.15) is 0 Å². The molecule has 1 aliphatic carbocycles. The number of fused-ring (bicyclic) bond motifs is 4. The first-order valence-electron chi connectivity index (χ1n) is 11.3. The molecule has 8 atom stereocenters. The predicted molar refractivity (Wildman–Crippen MR) is 104 cm³/mol. The summed E-state index contributed by atoms with van der Waals surface area (Å²) in [5, 5.41) is 11.4. The Labute approximate surface area is 180 Å². The molecule has 170 valence electrons. The van der Waals surface area contributed by atoms with E-state index in [4.69, 9.17) is 23.7 Å². The van der Waals surface area contributed by atoms with Crippen molar-refractivity contribution in [3.63, 3.8) is 0 Å². The van der Waals surface area contributed by atoms with Crippen LogP contribution in [0.3, 0.4) is 0 Å². The highest BCUT2D eigenvalue weighted by Crippen LogP contribution is 2.50. The zero-order chi connectivity index (χ0) is 21.5. The average Bonchev–Trinajstić information content (AvgIpc) is 3.01. The summed E-state index contributed by atoms with van der Waals surface area (Å²) in [5.41, 5.74) is -0.147.